The van der Waals surface area contributed by atoms with Gasteiger partial charge in [0.25, 0.3) is 0 Å². The maximum Gasteiger partial charge on any atom is 0.227 e. The van der Waals surface area contributed by atoms with E-state index in [1.807, 2.05) is 12.1 Å². The van der Waals surface area contributed by atoms with Gasteiger partial charge in [-0.1, -0.05) is 41.6 Å². The summed E-state index contributed by atoms with van der Waals surface area (Å²) in [6.45, 7) is 7.45. The van der Waals surface area contributed by atoms with Crippen LogP contribution in [0.5, 0.6) is 0 Å². The molecule has 0 saturated carbocycles. The molecule has 8 heteroatoms. The molecule has 2 aromatic carbocycles. The highest BCUT2D eigenvalue weighted by Crippen LogP contribution is 2.19. The number of nitrogens with one attached hydrogen (secondary N) is 1. The first-order valence-corrected chi connectivity index (χ1v) is 11.3. The molecule has 1 aliphatic heterocycles. The Kier molecular flexibility index (Phi) is 7.47. The van der Waals surface area contributed by atoms with Crippen molar-refractivity contribution >= 4 is 5.91 Å². The number of halogens is 1. The van der Waals surface area contributed by atoms with Gasteiger partial charge in [0.2, 0.25) is 17.6 Å². The topological polar surface area (TPSA) is 74.5 Å². The molecule has 7 nitrogen and oxygen atoms in total. The molecular weight excluding hydrogens is 421 g/mol. The lowest BCUT2D eigenvalue weighted by Crippen LogP contribution is -2.43. The van der Waals surface area contributed by atoms with Crippen molar-refractivity contribution in [3.8, 4) is 11.4 Å². The fourth-order valence-corrected chi connectivity index (χ4v) is 3.82. The zero-order valence-corrected chi connectivity index (χ0v) is 19.2. The number of aryl methyl sites for hydroxylation is 2. The number of amides is 1. The van der Waals surface area contributed by atoms with Crippen LogP contribution in [0, 0.1) is 12.7 Å². The van der Waals surface area contributed by atoms with E-state index in [1.165, 1.54) is 11.6 Å². The molecule has 0 unspecified atom stereocenters. The largest absolute Gasteiger partial charge is 0.352 e. The molecule has 33 heavy (non-hydrogen) atoms. The zero-order chi connectivity index (χ0) is 23.2. The van der Waals surface area contributed by atoms with E-state index in [0.717, 1.165) is 38.3 Å². The standard InChI is InChI=1S/C25H30FN5O2/c1-18-6-7-21(15-22(18)26)25-28-24(33-29-25)9-8-23(32)27-16-19-4-3-5-20(14-19)17-31-12-10-30(2)11-13-31/h3-7,14-15H,8-13,16-17H2,1-2H3,(H,27,32). The summed E-state index contributed by atoms with van der Waals surface area (Å²) in [4.78, 5) is 21.4. The summed E-state index contributed by atoms with van der Waals surface area (Å²) in [5.74, 6) is 0.281. The molecule has 2 heterocycles. The van der Waals surface area contributed by atoms with Crippen LogP contribution in [-0.2, 0) is 24.3 Å². The summed E-state index contributed by atoms with van der Waals surface area (Å²) >= 11 is 0. The molecule has 1 amide bonds. The number of likely N-dealkylation sites (N-methyl/N-ethyl adjacent to an activating group) is 1. The van der Waals surface area contributed by atoms with E-state index < -0.39 is 0 Å². The molecule has 0 bridgehead atoms. The van der Waals surface area contributed by atoms with E-state index in [4.69, 9.17) is 4.52 Å². The van der Waals surface area contributed by atoms with Crippen molar-refractivity contribution in [2.75, 3.05) is 33.2 Å². The van der Waals surface area contributed by atoms with Gasteiger partial charge in [0.05, 0.1) is 0 Å². The molecule has 174 valence electrons. The summed E-state index contributed by atoms with van der Waals surface area (Å²) in [5.41, 5.74) is 3.45. The monoisotopic (exact) mass is 451 g/mol. The van der Waals surface area contributed by atoms with Gasteiger partial charge in [0.15, 0.2) is 0 Å². The molecule has 0 radical (unpaired) electrons. The van der Waals surface area contributed by atoms with Crippen molar-refractivity contribution < 1.29 is 13.7 Å². The summed E-state index contributed by atoms with van der Waals surface area (Å²) in [5, 5.41) is 6.86. The maximum absolute atomic E-state index is 13.8. The lowest BCUT2D eigenvalue weighted by molar-refractivity contribution is -0.121. The first-order chi connectivity index (χ1) is 16.0. The molecule has 4 rings (SSSR count). The number of benzene rings is 2. The van der Waals surface area contributed by atoms with Gasteiger partial charge < -0.3 is 14.7 Å². The number of hydrogen-bond acceptors (Lipinski definition) is 6. The van der Waals surface area contributed by atoms with Crippen LogP contribution in [0.4, 0.5) is 4.39 Å². The minimum atomic E-state index is -0.314. The van der Waals surface area contributed by atoms with Crippen LogP contribution in [0.3, 0.4) is 0 Å². The average molecular weight is 452 g/mol. The third-order valence-electron chi connectivity index (χ3n) is 5.95. The van der Waals surface area contributed by atoms with Crippen LogP contribution < -0.4 is 5.32 Å². The summed E-state index contributed by atoms with van der Waals surface area (Å²) < 4.78 is 19.0. The van der Waals surface area contributed by atoms with E-state index in [9.17, 15) is 9.18 Å². The lowest BCUT2D eigenvalue weighted by atomic mass is 10.1. The fourth-order valence-electron chi connectivity index (χ4n) is 3.82. The molecule has 0 spiro atoms. The van der Waals surface area contributed by atoms with Gasteiger partial charge in [0, 0.05) is 57.7 Å². The predicted molar refractivity (Wildman–Crippen MR) is 124 cm³/mol. The normalized spacial score (nSPS) is 15.0. The maximum atomic E-state index is 13.8. The van der Waals surface area contributed by atoms with Crippen LogP contribution in [-0.4, -0.2) is 59.1 Å². The molecule has 1 fully saturated rings. The highest BCUT2D eigenvalue weighted by molar-refractivity contribution is 5.76. The molecule has 0 atom stereocenters. The number of carbonyl (C=O) groups excluding carboxylic acids is 1. The van der Waals surface area contributed by atoms with E-state index >= 15 is 0 Å². The van der Waals surface area contributed by atoms with Gasteiger partial charge in [-0.15, -0.1) is 0 Å². The van der Waals surface area contributed by atoms with E-state index in [1.54, 1.807) is 19.1 Å². The zero-order valence-electron chi connectivity index (χ0n) is 19.2. The molecule has 1 aliphatic rings. The van der Waals surface area contributed by atoms with Crippen molar-refractivity contribution in [1.29, 1.82) is 0 Å². The molecule has 3 aromatic rings. The molecular formula is C25H30FN5O2. The van der Waals surface area contributed by atoms with Crippen LogP contribution in [0.25, 0.3) is 11.4 Å². The Morgan fingerprint density at radius 1 is 1.12 bits per heavy atom. The lowest BCUT2D eigenvalue weighted by Gasteiger charge is -2.32. The smallest absolute Gasteiger partial charge is 0.227 e. The van der Waals surface area contributed by atoms with E-state index in [0.29, 0.717) is 35.8 Å². The minimum Gasteiger partial charge on any atom is -0.352 e. The molecule has 1 saturated heterocycles. The Morgan fingerprint density at radius 3 is 2.70 bits per heavy atom. The predicted octanol–water partition coefficient (Wildman–Crippen LogP) is 3.18. The number of rotatable bonds is 8. The Labute approximate surface area is 193 Å². The number of piperazine rings is 1. The van der Waals surface area contributed by atoms with Gasteiger partial charge in [-0.2, -0.15) is 4.98 Å². The Bertz CT molecular complexity index is 1090. The number of hydrogen-bond donors (Lipinski definition) is 1. The van der Waals surface area contributed by atoms with Gasteiger partial charge in [-0.05, 0) is 36.7 Å². The number of nitrogens with zero attached hydrogens (tertiary/aromatic N) is 4. The summed E-state index contributed by atoms with van der Waals surface area (Å²) in [6.07, 6.45) is 0.571. The van der Waals surface area contributed by atoms with Gasteiger partial charge in [-0.3, -0.25) is 9.69 Å². The number of aromatic nitrogens is 2. The second-order valence-electron chi connectivity index (χ2n) is 8.65. The fraction of sp³-hybridized carbons (Fsp3) is 0.400. The van der Waals surface area contributed by atoms with E-state index in [-0.39, 0.29) is 18.1 Å². The third-order valence-corrected chi connectivity index (χ3v) is 5.95. The number of carbonyl (C=O) groups is 1. The van der Waals surface area contributed by atoms with Crippen LogP contribution in [0.2, 0.25) is 0 Å². The van der Waals surface area contributed by atoms with Crippen molar-refractivity contribution in [3.05, 3.63) is 70.9 Å². The molecule has 1 aromatic heterocycles. The highest BCUT2D eigenvalue weighted by Gasteiger charge is 2.14. The van der Waals surface area contributed by atoms with Gasteiger partial charge in [0.1, 0.15) is 5.82 Å². The minimum absolute atomic E-state index is 0.0828. The molecule has 0 aliphatic carbocycles. The average Bonchev–Trinajstić information content (AvgIpc) is 3.29. The second kappa shape index (κ2) is 10.7. The quantitative estimate of drug-likeness (QED) is 0.567. The second-order valence-corrected chi connectivity index (χ2v) is 8.65. The van der Waals surface area contributed by atoms with Gasteiger partial charge in [-0.25, -0.2) is 4.39 Å². The first-order valence-electron chi connectivity index (χ1n) is 11.3. The van der Waals surface area contributed by atoms with Crippen LogP contribution in [0.1, 0.15) is 29.0 Å². The van der Waals surface area contributed by atoms with Crippen molar-refractivity contribution in [2.24, 2.45) is 0 Å². The Hall–Kier alpha value is -3.10. The van der Waals surface area contributed by atoms with Crippen LogP contribution >= 0.6 is 0 Å². The third kappa shape index (κ3) is 6.46. The van der Waals surface area contributed by atoms with Crippen molar-refractivity contribution in [1.82, 2.24) is 25.3 Å². The highest BCUT2D eigenvalue weighted by atomic mass is 19.1. The Balaban J connectivity index is 1.24. The van der Waals surface area contributed by atoms with Crippen molar-refractivity contribution in [3.63, 3.8) is 0 Å². The Morgan fingerprint density at radius 2 is 1.91 bits per heavy atom. The van der Waals surface area contributed by atoms with E-state index in [2.05, 4.69) is 44.4 Å². The van der Waals surface area contributed by atoms with Gasteiger partial charge >= 0.3 is 0 Å². The SMILES string of the molecule is Cc1ccc(-c2noc(CCC(=O)NCc3cccc(CN4CCN(C)CC4)c3)n2)cc1F. The van der Waals surface area contributed by atoms with Crippen LogP contribution in [0.15, 0.2) is 47.0 Å². The van der Waals surface area contributed by atoms with Crippen molar-refractivity contribution in [2.45, 2.75) is 32.9 Å². The summed E-state index contributed by atoms with van der Waals surface area (Å²) in [7, 11) is 2.16. The summed E-state index contributed by atoms with van der Waals surface area (Å²) in [6, 6.07) is 13.2. The molecule has 1 N–H and O–H groups in total. The first kappa shape index (κ1) is 23.1.